The van der Waals surface area contributed by atoms with Crippen LogP contribution in [0.15, 0.2) is 30.5 Å². The van der Waals surface area contributed by atoms with Gasteiger partial charge in [0, 0.05) is 25.6 Å². The van der Waals surface area contributed by atoms with Gasteiger partial charge in [-0.2, -0.15) is 5.10 Å². The summed E-state index contributed by atoms with van der Waals surface area (Å²) in [6, 6.07) is 6.59. The molecule has 0 saturated heterocycles. The summed E-state index contributed by atoms with van der Waals surface area (Å²) >= 11 is 6.08. The predicted molar refractivity (Wildman–Crippen MR) is 97.6 cm³/mol. The molecule has 1 amide bonds. The van der Waals surface area contributed by atoms with Crippen molar-refractivity contribution in [1.82, 2.24) is 24.6 Å². The quantitative estimate of drug-likeness (QED) is 0.720. The number of aromatic carboxylic acids is 1. The van der Waals surface area contributed by atoms with E-state index in [0.29, 0.717) is 41.6 Å². The van der Waals surface area contributed by atoms with Crippen LogP contribution < -0.4 is 0 Å². The van der Waals surface area contributed by atoms with E-state index < -0.39 is 5.97 Å². The zero-order valence-electron chi connectivity index (χ0n) is 14.4. The number of carbonyl (C=O) groups is 2. The normalized spacial score (nSPS) is 13.5. The number of amides is 1. The van der Waals surface area contributed by atoms with E-state index >= 15 is 0 Å². The molecule has 0 spiro atoms. The van der Waals surface area contributed by atoms with E-state index in [1.165, 1.54) is 16.9 Å². The molecule has 3 heterocycles. The molecule has 0 fully saturated rings. The van der Waals surface area contributed by atoms with Crippen LogP contribution in [0.4, 0.5) is 0 Å². The Morgan fingerprint density at radius 3 is 2.85 bits per heavy atom. The van der Waals surface area contributed by atoms with Crippen molar-refractivity contribution in [2.24, 2.45) is 7.05 Å². The number of nitrogens with one attached hydrogen (secondary N) is 1. The van der Waals surface area contributed by atoms with Gasteiger partial charge in [-0.3, -0.25) is 9.48 Å². The van der Waals surface area contributed by atoms with Gasteiger partial charge in [0.25, 0.3) is 5.91 Å². The van der Waals surface area contributed by atoms with Crippen LogP contribution in [0.5, 0.6) is 0 Å². The van der Waals surface area contributed by atoms with Crippen LogP contribution >= 0.6 is 11.6 Å². The Morgan fingerprint density at radius 1 is 1.33 bits per heavy atom. The number of carboxylic acid groups (broad SMARTS) is 1. The first-order chi connectivity index (χ1) is 12.9. The zero-order valence-corrected chi connectivity index (χ0v) is 15.2. The number of halogens is 1. The summed E-state index contributed by atoms with van der Waals surface area (Å²) in [4.78, 5) is 33.5. The number of H-pyrrole nitrogens is 1. The molecule has 2 N–H and O–H groups in total. The van der Waals surface area contributed by atoms with E-state index in [1.54, 1.807) is 30.1 Å². The highest BCUT2D eigenvalue weighted by Gasteiger charge is 2.28. The Kier molecular flexibility index (Phi) is 4.19. The van der Waals surface area contributed by atoms with Gasteiger partial charge in [0.2, 0.25) is 0 Å². The molecule has 0 bridgehead atoms. The molecule has 8 nitrogen and oxygen atoms in total. The second kappa shape index (κ2) is 6.55. The molecule has 9 heteroatoms. The van der Waals surface area contributed by atoms with Crippen LogP contribution in [-0.4, -0.2) is 48.2 Å². The Bertz CT molecular complexity index is 1040. The molecule has 0 aliphatic carbocycles. The van der Waals surface area contributed by atoms with Crippen molar-refractivity contribution in [3.63, 3.8) is 0 Å². The third-order valence-electron chi connectivity index (χ3n) is 4.60. The highest BCUT2D eigenvalue weighted by molar-refractivity contribution is 6.33. The smallest absolute Gasteiger partial charge is 0.335 e. The molecule has 2 aromatic heterocycles. The molecule has 0 unspecified atom stereocenters. The van der Waals surface area contributed by atoms with Crippen molar-refractivity contribution in [2.45, 2.75) is 13.0 Å². The number of fused-ring (bicyclic) bond motifs is 1. The van der Waals surface area contributed by atoms with Crippen molar-refractivity contribution in [1.29, 1.82) is 0 Å². The first-order valence-electron chi connectivity index (χ1n) is 8.32. The first kappa shape index (κ1) is 17.3. The average molecular weight is 386 g/mol. The monoisotopic (exact) mass is 385 g/mol. The van der Waals surface area contributed by atoms with E-state index in [1.807, 2.05) is 0 Å². The molecular formula is C18H16ClN5O3. The second-order valence-electron chi connectivity index (χ2n) is 6.34. The van der Waals surface area contributed by atoms with E-state index in [0.717, 1.165) is 11.4 Å². The molecule has 0 atom stereocenters. The Hall–Kier alpha value is -3.13. The molecule has 1 aliphatic rings. The fourth-order valence-corrected chi connectivity index (χ4v) is 3.45. The number of hydrogen-bond donors (Lipinski definition) is 2. The molecule has 138 valence electrons. The lowest BCUT2D eigenvalue weighted by Crippen LogP contribution is -2.37. The van der Waals surface area contributed by atoms with Gasteiger partial charge in [0.1, 0.15) is 11.5 Å². The SMILES string of the molecule is Cn1ncc(Cl)c1C(=O)N1CCc2nc(-c3cccc(C(=O)O)c3)[nH]c2C1. The predicted octanol–water partition coefficient (Wildman–Crippen LogP) is 2.36. The van der Waals surface area contributed by atoms with Gasteiger partial charge in [-0.1, -0.05) is 23.7 Å². The van der Waals surface area contributed by atoms with Gasteiger partial charge in [-0.15, -0.1) is 0 Å². The van der Waals surface area contributed by atoms with Gasteiger partial charge in [0.05, 0.1) is 34.7 Å². The van der Waals surface area contributed by atoms with Crippen LogP contribution in [0.1, 0.15) is 32.2 Å². The van der Waals surface area contributed by atoms with Crippen molar-refractivity contribution in [3.05, 3.63) is 58.1 Å². The molecule has 27 heavy (non-hydrogen) atoms. The summed E-state index contributed by atoms with van der Waals surface area (Å²) in [5.74, 6) is -0.580. The summed E-state index contributed by atoms with van der Waals surface area (Å²) in [6.07, 6.45) is 2.06. The number of aromatic nitrogens is 4. The van der Waals surface area contributed by atoms with Crippen LogP contribution in [0.2, 0.25) is 5.02 Å². The summed E-state index contributed by atoms with van der Waals surface area (Å²) in [5, 5.41) is 13.5. The Morgan fingerprint density at radius 2 is 2.15 bits per heavy atom. The van der Waals surface area contributed by atoms with Gasteiger partial charge in [0.15, 0.2) is 0 Å². The number of benzene rings is 1. The minimum atomic E-state index is -0.988. The van der Waals surface area contributed by atoms with E-state index in [4.69, 9.17) is 16.7 Å². The number of aromatic amines is 1. The van der Waals surface area contributed by atoms with Crippen molar-refractivity contribution in [3.8, 4) is 11.4 Å². The lowest BCUT2D eigenvalue weighted by molar-refractivity contribution is 0.0694. The molecule has 3 aromatic rings. The van der Waals surface area contributed by atoms with Gasteiger partial charge in [-0.25, -0.2) is 9.78 Å². The summed E-state index contributed by atoms with van der Waals surface area (Å²) in [5.41, 5.74) is 2.96. The van der Waals surface area contributed by atoms with E-state index in [9.17, 15) is 9.59 Å². The van der Waals surface area contributed by atoms with Crippen molar-refractivity contribution < 1.29 is 14.7 Å². The fourth-order valence-electron chi connectivity index (χ4n) is 3.20. The maximum absolute atomic E-state index is 12.8. The van der Waals surface area contributed by atoms with Gasteiger partial charge < -0.3 is 15.0 Å². The highest BCUT2D eigenvalue weighted by Crippen LogP contribution is 2.25. The lowest BCUT2D eigenvalue weighted by atomic mass is 10.1. The number of hydrogen-bond acceptors (Lipinski definition) is 4. The van der Waals surface area contributed by atoms with Crippen molar-refractivity contribution in [2.75, 3.05) is 6.54 Å². The number of imidazole rings is 1. The third kappa shape index (κ3) is 3.08. The maximum Gasteiger partial charge on any atom is 0.335 e. The molecule has 1 aliphatic heterocycles. The largest absolute Gasteiger partial charge is 0.478 e. The van der Waals surface area contributed by atoms with Crippen LogP contribution in [0, 0.1) is 0 Å². The van der Waals surface area contributed by atoms with Crippen LogP contribution in [0.25, 0.3) is 11.4 Å². The topological polar surface area (TPSA) is 104 Å². The number of carboxylic acids is 1. The minimum Gasteiger partial charge on any atom is -0.478 e. The first-order valence-corrected chi connectivity index (χ1v) is 8.70. The number of nitrogens with zero attached hydrogens (tertiary/aromatic N) is 4. The van der Waals surface area contributed by atoms with Gasteiger partial charge >= 0.3 is 5.97 Å². The van der Waals surface area contributed by atoms with Crippen molar-refractivity contribution >= 4 is 23.5 Å². The van der Waals surface area contributed by atoms with E-state index in [2.05, 4.69) is 15.1 Å². The Balaban J connectivity index is 1.60. The standard InChI is InChI=1S/C18H16ClN5O3/c1-23-15(12(19)8-20-23)17(25)24-6-5-13-14(9-24)22-16(21-13)10-3-2-4-11(7-10)18(26)27/h2-4,7-8H,5-6,9H2,1H3,(H,21,22)(H,26,27). The summed E-state index contributed by atoms with van der Waals surface area (Å²) in [6.45, 7) is 0.897. The number of aryl methyl sites for hydroxylation is 1. The molecule has 4 rings (SSSR count). The minimum absolute atomic E-state index is 0.185. The zero-order chi connectivity index (χ0) is 19.1. The number of rotatable bonds is 3. The molecule has 0 saturated carbocycles. The fraction of sp³-hybridized carbons (Fsp3) is 0.222. The van der Waals surface area contributed by atoms with Crippen LogP contribution in [0.3, 0.4) is 0 Å². The van der Waals surface area contributed by atoms with Crippen LogP contribution in [-0.2, 0) is 20.0 Å². The maximum atomic E-state index is 12.8. The third-order valence-corrected chi connectivity index (χ3v) is 4.88. The second-order valence-corrected chi connectivity index (χ2v) is 6.75. The average Bonchev–Trinajstić information content (AvgIpc) is 3.23. The summed E-state index contributed by atoms with van der Waals surface area (Å²) < 4.78 is 1.47. The number of carbonyl (C=O) groups excluding carboxylic acids is 1. The Labute approximate surface area is 159 Å². The molecular weight excluding hydrogens is 370 g/mol. The summed E-state index contributed by atoms with van der Waals surface area (Å²) in [7, 11) is 1.68. The van der Waals surface area contributed by atoms with E-state index in [-0.39, 0.29) is 11.5 Å². The highest BCUT2D eigenvalue weighted by atomic mass is 35.5. The molecule has 1 aromatic carbocycles. The lowest BCUT2D eigenvalue weighted by Gasteiger charge is -2.26. The molecule has 0 radical (unpaired) electrons. The van der Waals surface area contributed by atoms with Gasteiger partial charge in [-0.05, 0) is 12.1 Å².